The van der Waals surface area contributed by atoms with Crippen LogP contribution in [0.25, 0.3) is 0 Å². The number of urea groups is 1. The van der Waals surface area contributed by atoms with Gasteiger partial charge in [-0.1, -0.05) is 54.5 Å². The summed E-state index contributed by atoms with van der Waals surface area (Å²) in [6.07, 6.45) is 3.91. The van der Waals surface area contributed by atoms with Gasteiger partial charge in [-0.25, -0.2) is 4.79 Å². The van der Waals surface area contributed by atoms with Gasteiger partial charge in [0.1, 0.15) is 0 Å². The topological polar surface area (TPSA) is 52.7 Å². The SMILES string of the molecule is O=C(C#Cc1ccccc1)N1CCC2(CC1)CCN(C(=O)N[C@@H]1C[C@H]1c1ccccc1)C2. The van der Waals surface area contributed by atoms with Crippen molar-refractivity contribution in [1.29, 1.82) is 0 Å². The van der Waals surface area contributed by atoms with Gasteiger partial charge in [0.05, 0.1) is 0 Å². The second-order valence-electron chi connectivity index (χ2n) is 9.39. The van der Waals surface area contributed by atoms with Crippen LogP contribution in [-0.2, 0) is 4.79 Å². The second-order valence-corrected chi connectivity index (χ2v) is 9.39. The number of carbonyl (C=O) groups excluding carboxylic acids is 2. The molecule has 5 rings (SSSR count). The molecule has 164 valence electrons. The van der Waals surface area contributed by atoms with E-state index in [1.165, 1.54) is 5.56 Å². The van der Waals surface area contributed by atoms with E-state index < -0.39 is 0 Å². The summed E-state index contributed by atoms with van der Waals surface area (Å²) in [6.45, 7) is 3.03. The molecule has 2 heterocycles. The summed E-state index contributed by atoms with van der Waals surface area (Å²) in [4.78, 5) is 29.2. The van der Waals surface area contributed by atoms with Gasteiger partial charge in [0, 0.05) is 49.6 Å². The molecule has 32 heavy (non-hydrogen) atoms. The summed E-state index contributed by atoms with van der Waals surface area (Å²) in [5.41, 5.74) is 2.31. The molecule has 0 unspecified atom stereocenters. The highest BCUT2D eigenvalue weighted by Gasteiger charge is 2.45. The van der Waals surface area contributed by atoms with Crippen molar-refractivity contribution >= 4 is 11.9 Å². The van der Waals surface area contributed by atoms with Crippen LogP contribution < -0.4 is 5.32 Å². The summed E-state index contributed by atoms with van der Waals surface area (Å²) < 4.78 is 0. The molecule has 2 aromatic carbocycles. The van der Waals surface area contributed by atoms with E-state index in [0.717, 1.165) is 57.4 Å². The number of piperidine rings is 1. The Balaban J connectivity index is 1.10. The second kappa shape index (κ2) is 8.70. The standard InChI is InChI=1S/C27H29N3O2/c31-25(12-11-21-7-3-1-4-8-21)29-16-13-27(14-17-29)15-18-30(20-27)26(32)28-24-19-23(24)22-9-5-2-6-10-22/h1-10,23-24H,13-20H2,(H,28,32)/t23-,24+/m0/s1. The van der Waals surface area contributed by atoms with Crippen LogP contribution in [0.15, 0.2) is 60.7 Å². The number of nitrogens with zero attached hydrogens (tertiary/aromatic N) is 2. The van der Waals surface area contributed by atoms with Gasteiger partial charge in [0.15, 0.2) is 0 Å². The van der Waals surface area contributed by atoms with Crippen molar-refractivity contribution in [3.63, 3.8) is 0 Å². The molecule has 0 radical (unpaired) electrons. The normalized spacial score (nSPS) is 23.4. The fourth-order valence-corrected chi connectivity index (χ4v) is 5.10. The number of nitrogens with one attached hydrogen (secondary N) is 1. The molecule has 3 amide bonds. The summed E-state index contributed by atoms with van der Waals surface area (Å²) in [6, 6.07) is 20.3. The molecule has 0 aromatic heterocycles. The van der Waals surface area contributed by atoms with Crippen LogP contribution in [0.5, 0.6) is 0 Å². The van der Waals surface area contributed by atoms with Gasteiger partial charge in [0.25, 0.3) is 5.91 Å². The molecular formula is C27H29N3O2. The number of likely N-dealkylation sites (tertiary alicyclic amines) is 2. The molecule has 2 saturated heterocycles. The molecule has 1 spiro atoms. The minimum absolute atomic E-state index is 0.0672. The zero-order valence-electron chi connectivity index (χ0n) is 18.3. The Morgan fingerprint density at radius 1 is 0.875 bits per heavy atom. The first-order valence-corrected chi connectivity index (χ1v) is 11.6. The Morgan fingerprint density at radius 2 is 1.50 bits per heavy atom. The maximum Gasteiger partial charge on any atom is 0.317 e. The number of hydrogen-bond donors (Lipinski definition) is 1. The summed E-state index contributed by atoms with van der Waals surface area (Å²) >= 11 is 0. The third kappa shape index (κ3) is 4.50. The minimum Gasteiger partial charge on any atom is -0.335 e. The molecule has 1 saturated carbocycles. The number of rotatable bonds is 2. The molecule has 3 fully saturated rings. The number of amides is 3. The van der Waals surface area contributed by atoms with Crippen LogP contribution in [0.2, 0.25) is 0 Å². The van der Waals surface area contributed by atoms with Crippen LogP contribution >= 0.6 is 0 Å². The summed E-state index contributed by atoms with van der Waals surface area (Å²) in [7, 11) is 0. The number of hydrogen-bond acceptors (Lipinski definition) is 2. The van der Waals surface area contributed by atoms with E-state index in [4.69, 9.17) is 0 Å². The zero-order chi connectivity index (χ0) is 22.0. The Labute approximate surface area is 189 Å². The Hall–Kier alpha value is -3.26. The molecule has 2 aromatic rings. The van der Waals surface area contributed by atoms with Crippen molar-refractivity contribution < 1.29 is 9.59 Å². The monoisotopic (exact) mass is 427 g/mol. The van der Waals surface area contributed by atoms with Gasteiger partial charge in [-0.3, -0.25) is 4.79 Å². The fraction of sp³-hybridized carbons (Fsp3) is 0.407. The van der Waals surface area contributed by atoms with Crippen molar-refractivity contribution in [3.05, 3.63) is 71.8 Å². The average Bonchev–Trinajstić information content (AvgIpc) is 3.49. The lowest BCUT2D eigenvalue weighted by molar-refractivity contribution is -0.127. The molecule has 1 aliphatic carbocycles. The van der Waals surface area contributed by atoms with E-state index in [0.29, 0.717) is 5.92 Å². The van der Waals surface area contributed by atoms with Crippen molar-refractivity contribution in [2.75, 3.05) is 26.2 Å². The average molecular weight is 428 g/mol. The van der Waals surface area contributed by atoms with E-state index in [1.807, 2.05) is 46.2 Å². The number of carbonyl (C=O) groups is 2. The van der Waals surface area contributed by atoms with Crippen LogP contribution in [0.3, 0.4) is 0 Å². The largest absolute Gasteiger partial charge is 0.335 e. The molecule has 5 heteroatoms. The van der Waals surface area contributed by atoms with Crippen LogP contribution in [0.4, 0.5) is 4.79 Å². The van der Waals surface area contributed by atoms with E-state index >= 15 is 0 Å². The van der Waals surface area contributed by atoms with E-state index in [-0.39, 0.29) is 23.4 Å². The predicted octanol–water partition coefficient (Wildman–Crippen LogP) is 3.62. The lowest BCUT2D eigenvalue weighted by atomic mass is 9.78. The molecule has 2 aliphatic heterocycles. The molecular weight excluding hydrogens is 398 g/mol. The highest BCUT2D eigenvalue weighted by Crippen LogP contribution is 2.42. The Bertz CT molecular complexity index is 1030. The molecule has 1 N–H and O–H groups in total. The van der Waals surface area contributed by atoms with Gasteiger partial charge < -0.3 is 15.1 Å². The highest BCUT2D eigenvalue weighted by atomic mass is 16.2. The van der Waals surface area contributed by atoms with Crippen molar-refractivity contribution in [3.8, 4) is 11.8 Å². The van der Waals surface area contributed by atoms with Gasteiger partial charge in [-0.2, -0.15) is 0 Å². The fourth-order valence-electron chi connectivity index (χ4n) is 5.10. The molecule has 0 bridgehead atoms. The van der Waals surface area contributed by atoms with E-state index in [2.05, 4.69) is 41.4 Å². The number of benzene rings is 2. The maximum absolute atomic E-state index is 12.8. The van der Waals surface area contributed by atoms with Crippen molar-refractivity contribution in [1.82, 2.24) is 15.1 Å². The third-order valence-electron chi connectivity index (χ3n) is 7.25. The van der Waals surface area contributed by atoms with Gasteiger partial charge in [0.2, 0.25) is 0 Å². The molecule has 3 aliphatic rings. The Morgan fingerprint density at radius 3 is 2.19 bits per heavy atom. The van der Waals surface area contributed by atoms with Gasteiger partial charge in [-0.15, -0.1) is 0 Å². The third-order valence-corrected chi connectivity index (χ3v) is 7.25. The maximum atomic E-state index is 12.8. The van der Waals surface area contributed by atoms with Crippen LogP contribution in [-0.4, -0.2) is 54.0 Å². The first-order valence-electron chi connectivity index (χ1n) is 11.6. The minimum atomic E-state index is -0.100. The van der Waals surface area contributed by atoms with Gasteiger partial charge in [-0.05, 0) is 48.8 Å². The smallest absolute Gasteiger partial charge is 0.317 e. The molecule has 2 atom stereocenters. The summed E-state index contributed by atoms with van der Waals surface area (Å²) in [5.74, 6) is 6.09. The zero-order valence-corrected chi connectivity index (χ0v) is 18.3. The van der Waals surface area contributed by atoms with Crippen molar-refractivity contribution in [2.24, 2.45) is 5.41 Å². The lowest BCUT2D eigenvalue weighted by Crippen LogP contribution is -2.45. The van der Waals surface area contributed by atoms with Crippen LogP contribution in [0.1, 0.15) is 42.7 Å². The highest BCUT2D eigenvalue weighted by molar-refractivity contribution is 5.94. The van der Waals surface area contributed by atoms with E-state index in [9.17, 15) is 9.59 Å². The first kappa shape index (κ1) is 20.6. The predicted molar refractivity (Wildman–Crippen MR) is 124 cm³/mol. The summed E-state index contributed by atoms with van der Waals surface area (Å²) in [5, 5.41) is 3.23. The van der Waals surface area contributed by atoms with Crippen molar-refractivity contribution in [2.45, 2.75) is 37.6 Å². The molecule has 5 nitrogen and oxygen atoms in total. The Kier molecular flexibility index (Phi) is 5.61. The lowest BCUT2D eigenvalue weighted by Gasteiger charge is -2.38. The first-order chi connectivity index (χ1) is 15.6. The quantitative estimate of drug-likeness (QED) is 0.745. The van der Waals surface area contributed by atoms with Gasteiger partial charge >= 0.3 is 6.03 Å². The van der Waals surface area contributed by atoms with Crippen LogP contribution in [0, 0.1) is 17.3 Å². The van der Waals surface area contributed by atoms with E-state index in [1.54, 1.807) is 0 Å².